The predicted molar refractivity (Wildman–Crippen MR) is 161 cm³/mol. The van der Waals surface area contributed by atoms with Crippen molar-refractivity contribution in [1.29, 1.82) is 0 Å². The number of rotatable bonds is 32. The van der Waals surface area contributed by atoms with Crippen molar-refractivity contribution in [3.05, 3.63) is 33.2 Å². The second-order valence-electron chi connectivity index (χ2n) is 8.96. The molecule has 0 aromatic carbocycles. The van der Waals surface area contributed by atoms with Crippen molar-refractivity contribution in [1.82, 2.24) is 10.6 Å². The number of primary amides is 1. The monoisotopic (exact) mass is 636 g/mol. The van der Waals surface area contributed by atoms with E-state index in [9.17, 15) is 19.7 Å². The van der Waals surface area contributed by atoms with Crippen LogP contribution in [0.1, 0.15) is 26.7 Å². The van der Waals surface area contributed by atoms with Crippen molar-refractivity contribution in [2.45, 2.75) is 26.7 Å². The second-order valence-corrected chi connectivity index (χ2v) is 8.96. The highest BCUT2D eigenvalue weighted by atomic mass is 16.6. The maximum Gasteiger partial charge on any atom is 0.316 e. The molecule has 0 saturated carbocycles. The molecule has 0 aliphatic rings. The van der Waals surface area contributed by atoms with Crippen molar-refractivity contribution in [2.75, 3.05) is 119 Å². The molecule has 0 rings (SSSR count). The van der Waals surface area contributed by atoms with E-state index in [0.717, 1.165) is 5.57 Å². The van der Waals surface area contributed by atoms with Gasteiger partial charge in [0.05, 0.1) is 113 Å². The largest absolute Gasteiger partial charge is 0.379 e. The minimum Gasteiger partial charge on any atom is -0.379 e. The van der Waals surface area contributed by atoms with Gasteiger partial charge in [-0.15, -0.1) is 0 Å². The van der Waals surface area contributed by atoms with Crippen LogP contribution >= 0.6 is 0 Å². The number of allylic oxidation sites excluding steroid dienone is 1. The second kappa shape index (κ2) is 30.3. The van der Waals surface area contributed by atoms with Gasteiger partial charge in [0.2, 0.25) is 5.91 Å². The fourth-order valence-electron chi connectivity index (χ4n) is 3.07. The SMILES string of the molecule is CC/C(C)=C(/C=C(\NC)[N+](=O)[O-])C(=O)NCCOCCOCCOCCOCCOCCOCCOCCOCCC(N)=O. The van der Waals surface area contributed by atoms with Gasteiger partial charge in [-0.05, 0) is 18.3 Å². The predicted octanol–water partition coefficient (Wildman–Crippen LogP) is 0.175. The molecule has 0 spiro atoms. The number of nitrogens with two attached hydrogens (primary N) is 1. The number of hydrogen-bond acceptors (Lipinski definition) is 13. The van der Waals surface area contributed by atoms with Crippen LogP contribution in [0.5, 0.6) is 0 Å². The summed E-state index contributed by atoms with van der Waals surface area (Å²) in [5, 5.41) is 16.2. The molecule has 256 valence electrons. The molecule has 4 N–H and O–H groups in total. The highest BCUT2D eigenvalue weighted by Gasteiger charge is 2.15. The molecule has 0 fully saturated rings. The smallest absolute Gasteiger partial charge is 0.316 e. The van der Waals surface area contributed by atoms with Gasteiger partial charge in [0, 0.05) is 24.6 Å². The quantitative estimate of drug-likeness (QED) is 0.0297. The van der Waals surface area contributed by atoms with E-state index in [-0.39, 0.29) is 36.9 Å². The summed E-state index contributed by atoms with van der Waals surface area (Å²) in [6.45, 7) is 10.6. The minimum absolute atomic E-state index is 0.208. The number of carbonyl (C=O) groups excluding carboxylic acids is 2. The first-order chi connectivity index (χ1) is 21.3. The summed E-state index contributed by atoms with van der Waals surface area (Å²) in [7, 11) is 1.43. The summed E-state index contributed by atoms with van der Waals surface area (Å²) in [5.74, 6) is -1.03. The molecule has 0 aliphatic heterocycles. The van der Waals surface area contributed by atoms with Crippen molar-refractivity contribution in [3.8, 4) is 0 Å². The highest BCUT2D eigenvalue weighted by Crippen LogP contribution is 2.12. The van der Waals surface area contributed by atoms with Gasteiger partial charge >= 0.3 is 5.82 Å². The van der Waals surface area contributed by atoms with Gasteiger partial charge < -0.3 is 59.1 Å². The van der Waals surface area contributed by atoms with Gasteiger partial charge in [-0.3, -0.25) is 14.9 Å². The summed E-state index contributed by atoms with van der Waals surface area (Å²) in [5.41, 5.74) is 6.01. The zero-order chi connectivity index (χ0) is 32.7. The summed E-state index contributed by atoms with van der Waals surface area (Å²) in [6.07, 6.45) is 2.04. The zero-order valence-corrected chi connectivity index (χ0v) is 26.4. The first kappa shape index (κ1) is 41.3. The van der Waals surface area contributed by atoms with E-state index in [1.54, 1.807) is 6.92 Å². The topological polar surface area (TPSA) is 201 Å². The lowest BCUT2D eigenvalue weighted by Crippen LogP contribution is -2.30. The Morgan fingerprint density at radius 1 is 0.705 bits per heavy atom. The Bertz CT molecular complexity index is 826. The number of hydrogen-bond donors (Lipinski definition) is 3. The number of nitrogens with one attached hydrogen (secondary N) is 2. The summed E-state index contributed by atoms with van der Waals surface area (Å²) in [4.78, 5) is 33.5. The third kappa shape index (κ3) is 25.8. The fourth-order valence-corrected chi connectivity index (χ4v) is 3.07. The molecule has 0 saturated heterocycles. The van der Waals surface area contributed by atoms with Crippen LogP contribution < -0.4 is 16.4 Å². The highest BCUT2D eigenvalue weighted by molar-refractivity contribution is 5.96. The van der Waals surface area contributed by atoms with E-state index in [1.165, 1.54) is 13.1 Å². The molecule has 0 aromatic rings. The lowest BCUT2D eigenvalue weighted by Gasteiger charge is -2.10. The van der Waals surface area contributed by atoms with Crippen LogP contribution in [0.4, 0.5) is 0 Å². The molecule has 0 atom stereocenters. The van der Waals surface area contributed by atoms with Crippen LogP contribution in [0, 0.1) is 10.1 Å². The van der Waals surface area contributed by atoms with E-state index in [4.69, 9.17) is 43.6 Å². The van der Waals surface area contributed by atoms with Gasteiger partial charge in [-0.1, -0.05) is 12.5 Å². The van der Waals surface area contributed by atoms with E-state index in [0.29, 0.717) is 106 Å². The molecule has 2 amide bonds. The molecule has 0 heterocycles. The average Bonchev–Trinajstić information content (AvgIpc) is 3.00. The van der Waals surface area contributed by atoms with Crippen LogP contribution in [0.2, 0.25) is 0 Å². The molecule has 16 nitrogen and oxygen atoms in total. The molecule has 0 radical (unpaired) electrons. The van der Waals surface area contributed by atoms with Gasteiger partial charge in [0.15, 0.2) is 0 Å². The molecule has 0 unspecified atom stereocenters. The molecule has 0 aromatic heterocycles. The Balaban J connectivity index is 3.48. The third-order valence-corrected chi connectivity index (χ3v) is 5.60. The molecular weight excluding hydrogens is 584 g/mol. The van der Waals surface area contributed by atoms with E-state index in [2.05, 4.69) is 10.6 Å². The van der Waals surface area contributed by atoms with Crippen LogP contribution in [0.15, 0.2) is 23.0 Å². The lowest BCUT2D eigenvalue weighted by atomic mass is 10.1. The van der Waals surface area contributed by atoms with Crippen LogP contribution in [-0.4, -0.2) is 136 Å². The Morgan fingerprint density at radius 2 is 1.07 bits per heavy atom. The van der Waals surface area contributed by atoms with Crippen molar-refractivity contribution in [3.63, 3.8) is 0 Å². The number of ether oxygens (including phenoxy) is 8. The Morgan fingerprint density at radius 3 is 1.39 bits per heavy atom. The average molecular weight is 637 g/mol. The number of nitro groups is 1. The summed E-state index contributed by atoms with van der Waals surface area (Å²) >= 11 is 0. The minimum atomic E-state index is -0.575. The molecular formula is C28H52N4O12. The number of amides is 2. The lowest BCUT2D eigenvalue weighted by molar-refractivity contribution is -0.431. The van der Waals surface area contributed by atoms with Gasteiger partial charge in [0.1, 0.15) is 0 Å². The van der Waals surface area contributed by atoms with Crippen LogP contribution in [-0.2, 0) is 47.5 Å². The number of nitrogens with zero attached hydrogens (tertiary/aromatic N) is 1. The van der Waals surface area contributed by atoms with Gasteiger partial charge in [-0.25, -0.2) is 0 Å². The molecule has 44 heavy (non-hydrogen) atoms. The van der Waals surface area contributed by atoms with Gasteiger partial charge in [0.25, 0.3) is 5.91 Å². The maximum absolute atomic E-state index is 12.5. The fraction of sp³-hybridized carbons (Fsp3) is 0.786. The van der Waals surface area contributed by atoms with E-state index < -0.39 is 10.8 Å². The van der Waals surface area contributed by atoms with Crippen LogP contribution in [0.25, 0.3) is 0 Å². The molecule has 16 heteroatoms. The standard InChI is InChI=1S/C28H52N4O12/c1-4-24(2)25(23-27(30-3)32(35)36)28(34)31-6-8-38-10-12-40-14-16-42-18-20-44-22-21-43-19-17-41-15-13-39-11-9-37-7-5-26(29)33/h23,30H,4-22H2,1-3H3,(H2,29,33)(H,31,34)/b25-24-,27-23+. The summed E-state index contributed by atoms with van der Waals surface area (Å²) in [6, 6.07) is 0. The first-order valence-corrected chi connectivity index (χ1v) is 14.7. The van der Waals surface area contributed by atoms with E-state index in [1.807, 2.05) is 6.92 Å². The first-order valence-electron chi connectivity index (χ1n) is 14.7. The summed E-state index contributed by atoms with van der Waals surface area (Å²) < 4.78 is 43.1. The van der Waals surface area contributed by atoms with Crippen molar-refractivity contribution in [2.24, 2.45) is 5.73 Å². The Hall–Kier alpha value is -2.70. The van der Waals surface area contributed by atoms with E-state index >= 15 is 0 Å². The molecule has 0 bridgehead atoms. The third-order valence-electron chi connectivity index (χ3n) is 5.60. The van der Waals surface area contributed by atoms with Crippen LogP contribution in [0.3, 0.4) is 0 Å². The Kier molecular flexibility index (Phi) is 28.5. The zero-order valence-electron chi connectivity index (χ0n) is 26.4. The Labute approximate surface area is 260 Å². The number of carbonyl (C=O) groups is 2. The van der Waals surface area contributed by atoms with Crippen molar-refractivity contribution < 1.29 is 52.4 Å². The van der Waals surface area contributed by atoms with Crippen molar-refractivity contribution >= 4 is 11.8 Å². The van der Waals surface area contributed by atoms with Gasteiger partial charge in [-0.2, -0.15) is 0 Å². The molecule has 0 aliphatic carbocycles. The maximum atomic E-state index is 12.5. The normalized spacial score (nSPS) is 12.2.